The van der Waals surface area contributed by atoms with E-state index in [9.17, 15) is 4.79 Å². The number of nitrogens with zero attached hydrogens (tertiary/aromatic N) is 1. The first-order valence-corrected chi connectivity index (χ1v) is 6.05. The predicted octanol–water partition coefficient (Wildman–Crippen LogP) is 2.90. The number of fused-ring (bicyclic) bond motifs is 1. The summed E-state index contributed by atoms with van der Waals surface area (Å²) in [6, 6.07) is 8.95. The van der Waals surface area contributed by atoms with Gasteiger partial charge in [0.05, 0.1) is 5.52 Å². The summed E-state index contributed by atoms with van der Waals surface area (Å²) in [5.41, 5.74) is 1.68. The molecule has 4 nitrogen and oxygen atoms in total. The van der Waals surface area contributed by atoms with E-state index in [4.69, 9.17) is 5.11 Å². The molecule has 0 amide bonds. The number of anilines is 1. The lowest BCUT2D eigenvalue weighted by atomic mass is 10.1. The van der Waals surface area contributed by atoms with Crippen molar-refractivity contribution in [3.05, 3.63) is 36.5 Å². The standard InChI is InChI=1S/C14H16N2O2/c1-2-5-13(14(17)18)16-12-8-9-15-11-7-4-3-6-10(11)12/h3-4,6-9,13H,2,5H2,1H3,(H,15,16)(H,17,18). The van der Waals surface area contributed by atoms with Crippen LogP contribution in [-0.2, 0) is 4.79 Å². The number of carboxylic acids is 1. The quantitative estimate of drug-likeness (QED) is 0.849. The molecular weight excluding hydrogens is 228 g/mol. The van der Waals surface area contributed by atoms with Crippen LogP contribution in [0.1, 0.15) is 19.8 Å². The summed E-state index contributed by atoms with van der Waals surface area (Å²) in [6.45, 7) is 1.97. The molecule has 0 spiro atoms. The molecule has 1 unspecified atom stereocenters. The Kier molecular flexibility index (Phi) is 3.77. The molecule has 0 aliphatic rings. The van der Waals surface area contributed by atoms with Gasteiger partial charge in [-0.1, -0.05) is 31.5 Å². The van der Waals surface area contributed by atoms with E-state index in [1.165, 1.54) is 0 Å². The summed E-state index contributed by atoms with van der Waals surface area (Å²) in [5.74, 6) is -0.822. The smallest absolute Gasteiger partial charge is 0.326 e. The molecule has 18 heavy (non-hydrogen) atoms. The van der Waals surface area contributed by atoms with E-state index in [1.807, 2.05) is 37.3 Å². The summed E-state index contributed by atoms with van der Waals surface area (Å²) in [5, 5.41) is 13.2. The van der Waals surface area contributed by atoms with Gasteiger partial charge in [0.15, 0.2) is 0 Å². The molecular formula is C14H16N2O2. The molecule has 4 heteroatoms. The van der Waals surface area contributed by atoms with Crippen LogP contribution in [0.2, 0.25) is 0 Å². The summed E-state index contributed by atoms with van der Waals surface area (Å²) < 4.78 is 0. The number of aliphatic carboxylic acids is 1. The number of hydrogen-bond acceptors (Lipinski definition) is 3. The van der Waals surface area contributed by atoms with Crippen molar-refractivity contribution in [2.75, 3.05) is 5.32 Å². The highest BCUT2D eigenvalue weighted by Gasteiger charge is 2.16. The first-order chi connectivity index (χ1) is 8.72. The largest absolute Gasteiger partial charge is 0.480 e. The Hall–Kier alpha value is -2.10. The highest BCUT2D eigenvalue weighted by molar-refractivity contribution is 5.92. The molecule has 0 fully saturated rings. The minimum absolute atomic E-state index is 0.555. The third-order valence-electron chi connectivity index (χ3n) is 2.85. The Labute approximate surface area is 106 Å². The van der Waals surface area contributed by atoms with Crippen LogP contribution < -0.4 is 5.32 Å². The molecule has 0 bridgehead atoms. The zero-order valence-corrected chi connectivity index (χ0v) is 10.3. The minimum atomic E-state index is -0.822. The molecule has 0 aliphatic carbocycles. The van der Waals surface area contributed by atoms with Gasteiger partial charge in [0.25, 0.3) is 0 Å². The number of pyridine rings is 1. The van der Waals surface area contributed by atoms with Crippen LogP contribution in [-0.4, -0.2) is 22.1 Å². The fourth-order valence-corrected chi connectivity index (χ4v) is 1.96. The van der Waals surface area contributed by atoms with Crippen LogP contribution in [0, 0.1) is 0 Å². The maximum absolute atomic E-state index is 11.2. The van der Waals surface area contributed by atoms with Gasteiger partial charge in [0.1, 0.15) is 6.04 Å². The second-order valence-electron chi connectivity index (χ2n) is 4.20. The van der Waals surface area contributed by atoms with Crippen LogP contribution in [0.3, 0.4) is 0 Å². The van der Waals surface area contributed by atoms with E-state index < -0.39 is 12.0 Å². The van der Waals surface area contributed by atoms with Crippen molar-refractivity contribution in [1.29, 1.82) is 0 Å². The van der Waals surface area contributed by atoms with E-state index in [1.54, 1.807) is 6.20 Å². The van der Waals surface area contributed by atoms with Crippen molar-refractivity contribution >= 4 is 22.6 Å². The third kappa shape index (κ3) is 2.59. The van der Waals surface area contributed by atoms with Gasteiger partial charge in [-0.05, 0) is 18.6 Å². The van der Waals surface area contributed by atoms with Crippen molar-refractivity contribution in [2.24, 2.45) is 0 Å². The third-order valence-corrected chi connectivity index (χ3v) is 2.85. The van der Waals surface area contributed by atoms with Gasteiger partial charge in [0.2, 0.25) is 0 Å². The second-order valence-corrected chi connectivity index (χ2v) is 4.20. The number of para-hydroxylation sites is 1. The predicted molar refractivity (Wildman–Crippen MR) is 71.7 cm³/mol. The van der Waals surface area contributed by atoms with Gasteiger partial charge in [-0.25, -0.2) is 4.79 Å². The fraction of sp³-hybridized carbons (Fsp3) is 0.286. The first kappa shape index (κ1) is 12.4. The molecule has 0 saturated carbocycles. The number of rotatable bonds is 5. The maximum atomic E-state index is 11.2. The second kappa shape index (κ2) is 5.49. The molecule has 1 aromatic carbocycles. The molecule has 2 rings (SSSR count). The minimum Gasteiger partial charge on any atom is -0.480 e. The Bertz CT molecular complexity index is 549. The van der Waals surface area contributed by atoms with Crippen molar-refractivity contribution < 1.29 is 9.90 Å². The van der Waals surface area contributed by atoms with Crippen LogP contribution in [0.5, 0.6) is 0 Å². The van der Waals surface area contributed by atoms with Crippen molar-refractivity contribution in [3.8, 4) is 0 Å². The SMILES string of the molecule is CCCC(Nc1ccnc2ccccc12)C(=O)O. The first-order valence-electron chi connectivity index (χ1n) is 6.05. The highest BCUT2D eigenvalue weighted by Crippen LogP contribution is 2.22. The molecule has 0 saturated heterocycles. The Balaban J connectivity index is 2.33. The maximum Gasteiger partial charge on any atom is 0.326 e. The molecule has 1 heterocycles. The van der Waals surface area contributed by atoms with Crippen LogP contribution in [0.4, 0.5) is 5.69 Å². The number of aromatic nitrogens is 1. The number of benzene rings is 1. The number of carboxylic acid groups (broad SMARTS) is 1. The van der Waals surface area contributed by atoms with Gasteiger partial charge in [-0.2, -0.15) is 0 Å². The lowest BCUT2D eigenvalue weighted by Crippen LogP contribution is -2.29. The zero-order valence-electron chi connectivity index (χ0n) is 10.3. The molecule has 94 valence electrons. The monoisotopic (exact) mass is 244 g/mol. The van der Waals surface area contributed by atoms with Gasteiger partial charge >= 0.3 is 5.97 Å². The molecule has 1 aromatic heterocycles. The van der Waals surface area contributed by atoms with Crippen molar-refractivity contribution in [1.82, 2.24) is 4.98 Å². The van der Waals surface area contributed by atoms with E-state index in [2.05, 4.69) is 10.3 Å². The number of nitrogens with one attached hydrogen (secondary N) is 1. The Morgan fingerprint density at radius 2 is 2.17 bits per heavy atom. The van der Waals surface area contributed by atoms with Crippen LogP contribution in [0.25, 0.3) is 10.9 Å². The van der Waals surface area contributed by atoms with Crippen molar-refractivity contribution in [2.45, 2.75) is 25.8 Å². The average Bonchev–Trinajstić information content (AvgIpc) is 2.38. The number of carbonyl (C=O) groups is 1. The Morgan fingerprint density at radius 3 is 2.89 bits per heavy atom. The van der Waals surface area contributed by atoms with Gasteiger partial charge < -0.3 is 10.4 Å². The Morgan fingerprint density at radius 1 is 1.39 bits per heavy atom. The van der Waals surface area contributed by atoms with Gasteiger partial charge in [-0.3, -0.25) is 4.98 Å². The molecule has 0 radical (unpaired) electrons. The van der Waals surface area contributed by atoms with Crippen LogP contribution >= 0.6 is 0 Å². The molecule has 1 atom stereocenters. The summed E-state index contributed by atoms with van der Waals surface area (Å²) in [4.78, 5) is 15.4. The van der Waals surface area contributed by atoms with Crippen molar-refractivity contribution in [3.63, 3.8) is 0 Å². The normalized spacial score (nSPS) is 12.3. The zero-order chi connectivity index (χ0) is 13.0. The molecule has 2 aromatic rings. The summed E-state index contributed by atoms with van der Waals surface area (Å²) in [7, 11) is 0. The van der Waals surface area contributed by atoms with E-state index in [-0.39, 0.29) is 0 Å². The topological polar surface area (TPSA) is 62.2 Å². The summed E-state index contributed by atoms with van der Waals surface area (Å²) >= 11 is 0. The lowest BCUT2D eigenvalue weighted by Gasteiger charge is -2.16. The summed E-state index contributed by atoms with van der Waals surface area (Å²) in [6.07, 6.45) is 3.12. The molecule has 0 aliphatic heterocycles. The number of hydrogen-bond donors (Lipinski definition) is 2. The molecule has 2 N–H and O–H groups in total. The lowest BCUT2D eigenvalue weighted by molar-refractivity contribution is -0.138. The van der Waals surface area contributed by atoms with Gasteiger partial charge in [0, 0.05) is 17.3 Å². The van der Waals surface area contributed by atoms with E-state index in [0.29, 0.717) is 6.42 Å². The van der Waals surface area contributed by atoms with Crippen LogP contribution in [0.15, 0.2) is 36.5 Å². The average molecular weight is 244 g/mol. The van der Waals surface area contributed by atoms with Gasteiger partial charge in [-0.15, -0.1) is 0 Å². The van der Waals surface area contributed by atoms with E-state index >= 15 is 0 Å². The van der Waals surface area contributed by atoms with E-state index in [0.717, 1.165) is 23.0 Å². The highest BCUT2D eigenvalue weighted by atomic mass is 16.4. The fourth-order valence-electron chi connectivity index (χ4n) is 1.96.